The Hall–Kier alpha value is -3.09. The molecule has 0 bridgehead atoms. The second-order valence-electron chi connectivity index (χ2n) is 3.45. The van der Waals surface area contributed by atoms with Crippen LogP contribution in [-0.4, -0.2) is 5.91 Å². The fraction of sp³-hybridized carbons (Fsp3) is 0. The summed E-state index contributed by atoms with van der Waals surface area (Å²) >= 11 is 0. The topological polar surface area (TPSA) is 129 Å². The maximum absolute atomic E-state index is 11.3. The first-order chi connectivity index (χ1) is 9.13. The van der Waals surface area contributed by atoms with E-state index in [1.807, 2.05) is 12.1 Å². The first kappa shape index (κ1) is 14.0. The molecule has 0 radical (unpaired) electrons. The van der Waals surface area contributed by atoms with Gasteiger partial charge in [-0.1, -0.05) is 30.3 Å². The molecule has 1 rings (SSSR count). The van der Waals surface area contributed by atoms with Crippen molar-refractivity contribution in [1.29, 1.82) is 10.5 Å². The molecule has 0 aliphatic heterocycles. The number of hydrogen-bond acceptors (Lipinski definition) is 5. The van der Waals surface area contributed by atoms with Gasteiger partial charge in [-0.05, 0) is 11.6 Å². The van der Waals surface area contributed by atoms with Gasteiger partial charge in [0.2, 0.25) is 0 Å². The van der Waals surface area contributed by atoms with Gasteiger partial charge >= 0.3 is 0 Å². The number of nitriles is 2. The molecule has 0 atom stereocenters. The van der Waals surface area contributed by atoms with Crippen molar-refractivity contribution in [2.45, 2.75) is 0 Å². The molecule has 5 N–H and O–H groups in total. The van der Waals surface area contributed by atoms with Crippen molar-refractivity contribution in [3.05, 3.63) is 52.7 Å². The third-order valence-electron chi connectivity index (χ3n) is 2.26. The molecule has 0 heterocycles. The zero-order valence-corrected chi connectivity index (χ0v) is 9.92. The van der Waals surface area contributed by atoms with Crippen LogP contribution in [0.1, 0.15) is 5.56 Å². The quantitative estimate of drug-likeness (QED) is 0.178. The minimum atomic E-state index is -0.839. The number of benzene rings is 1. The third kappa shape index (κ3) is 3.43. The van der Waals surface area contributed by atoms with E-state index in [1.165, 1.54) is 6.08 Å². The highest BCUT2D eigenvalue weighted by molar-refractivity contribution is 5.98. The second kappa shape index (κ2) is 6.60. The fourth-order valence-electron chi connectivity index (χ4n) is 1.33. The van der Waals surface area contributed by atoms with Crippen LogP contribution in [0, 0.1) is 22.7 Å². The van der Waals surface area contributed by atoms with Gasteiger partial charge in [-0.25, -0.2) is 5.84 Å². The molecule has 94 valence electrons. The zero-order valence-electron chi connectivity index (χ0n) is 9.92. The van der Waals surface area contributed by atoms with Crippen LogP contribution in [0.15, 0.2) is 47.2 Å². The largest absolute Gasteiger partial charge is 0.396 e. The van der Waals surface area contributed by atoms with Crippen molar-refractivity contribution in [3.63, 3.8) is 0 Å². The van der Waals surface area contributed by atoms with Gasteiger partial charge in [0, 0.05) is 0 Å². The number of nitrogens with zero attached hydrogens (tertiary/aromatic N) is 2. The van der Waals surface area contributed by atoms with Crippen molar-refractivity contribution in [2.24, 2.45) is 11.6 Å². The lowest BCUT2D eigenvalue weighted by Gasteiger charge is -2.03. The number of rotatable bonds is 3. The molecule has 1 amide bonds. The predicted octanol–water partition coefficient (Wildman–Crippen LogP) is 0.320. The molecule has 19 heavy (non-hydrogen) atoms. The number of hydrazine groups is 1. The van der Waals surface area contributed by atoms with Crippen molar-refractivity contribution < 1.29 is 4.79 Å². The van der Waals surface area contributed by atoms with Gasteiger partial charge in [0.05, 0.1) is 11.3 Å². The van der Waals surface area contributed by atoms with Crippen molar-refractivity contribution in [1.82, 2.24) is 5.43 Å². The van der Waals surface area contributed by atoms with E-state index in [0.29, 0.717) is 0 Å². The van der Waals surface area contributed by atoms with Gasteiger partial charge in [-0.15, -0.1) is 0 Å². The van der Waals surface area contributed by atoms with Crippen LogP contribution < -0.4 is 17.0 Å². The zero-order chi connectivity index (χ0) is 14.3. The summed E-state index contributed by atoms with van der Waals surface area (Å²) in [5.41, 5.74) is 7.60. The Kier molecular flexibility index (Phi) is 4.85. The number of allylic oxidation sites excluding steroid dienone is 1. The minimum Gasteiger partial charge on any atom is -0.396 e. The van der Waals surface area contributed by atoms with E-state index in [-0.39, 0.29) is 11.3 Å². The SMILES string of the molecule is N#CC(=C\c1ccccc1)/C(N)=C(/C#N)C(=O)NN. The molecule has 6 nitrogen and oxygen atoms in total. The van der Waals surface area contributed by atoms with Gasteiger partial charge in [0.1, 0.15) is 17.7 Å². The van der Waals surface area contributed by atoms with E-state index in [2.05, 4.69) is 0 Å². The van der Waals surface area contributed by atoms with Gasteiger partial charge in [-0.3, -0.25) is 10.2 Å². The normalized spacial score (nSPS) is 11.8. The van der Waals surface area contributed by atoms with Crippen LogP contribution in [0.3, 0.4) is 0 Å². The van der Waals surface area contributed by atoms with E-state index >= 15 is 0 Å². The predicted molar refractivity (Wildman–Crippen MR) is 69.2 cm³/mol. The van der Waals surface area contributed by atoms with Gasteiger partial charge < -0.3 is 5.73 Å². The highest BCUT2D eigenvalue weighted by atomic mass is 16.2. The van der Waals surface area contributed by atoms with Crippen LogP contribution in [0.5, 0.6) is 0 Å². The Balaban J connectivity index is 3.29. The van der Waals surface area contributed by atoms with E-state index < -0.39 is 11.5 Å². The van der Waals surface area contributed by atoms with Gasteiger partial charge in [0.25, 0.3) is 5.91 Å². The molecule has 0 fully saturated rings. The Labute approximate surface area is 110 Å². The summed E-state index contributed by atoms with van der Waals surface area (Å²) in [6, 6.07) is 12.4. The van der Waals surface area contributed by atoms with E-state index in [4.69, 9.17) is 22.1 Å². The van der Waals surface area contributed by atoms with Crippen LogP contribution in [0.4, 0.5) is 0 Å². The first-order valence-electron chi connectivity index (χ1n) is 5.22. The van der Waals surface area contributed by atoms with E-state index in [0.717, 1.165) is 5.56 Å². The molecule has 0 aliphatic rings. The van der Waals surface area contributed by atoms with E-state index in [9.17, 15) is 4.79 Å². The van der Waals surface area contributed by atoms with Crippen molar-refractivity contribution >= 4 is 12.0 Å². The van der Waals surface area contributed by atoms with Crippen molar-refractivity contribution in [3.8, 4) is 12.1 Å². The van der Waals surface area contributed by atoms with Crippen molar-refractivity contribution in [2.75, 3.05) is 0 Å². The lowest BCUT2D eigenvalue weighted by molar-refractivity contribution is -0.117. The summed E-state index contributed by atoms with van der Waals surface area (Å²) in [4.78, 5) is 11.3. The van der Waals surface area contributed by atoms with Gasteiger partial charge in [-0.2, -0.15) is 10.5 Å². The Bertz CT molecular complexity index is 617. The lowest BCUT2D eigenvalue weighted by Crippen LogP contribution is -2.32. The molecule has 0 saturated heterocycles. The summed E-state index contributed by atoms with van der Waals surface area (Å²) in [5.74, 6) is 4.10. The molecule has 0 aromatic heterocycles. The number of hydrogen-bond donors (Lipinski definition) is 3. The molecular formula is C13H11N5O. The molecule has 0 spiro atoms. The highest BCUT2D eigenvalue weighted by Crippen LogP contribution is 2.13. The van der Waals surface area contributed by atoms with Crippen LogP contribution >= 0.6 is 0 Å². The average molecular weight is 253 g/mol. The second-order valence-corrected chi connectivity index (χ2v) is 3.45. The monoisotopic (exact) mass is 253 g/mol. The molecular weight excluding hydrogens is 242 g/mol. The molecule has 0 aliphatic carbocycles. The molecule has 1 aromatic rings. The maximum atomic E-state index is 11.3. The van der Waals surface area contributed by atoms with E-state index in [1.54, 1.807) is 35.8 Å². The standard InChI is InChI=1S/C13H11N5O/c14-7-10(6-9-4-2-1-3-5-9)12(16)11(8-15)13(19)18-17/h1-6H,16-17H2,(H,18,19)/b10-6+,12-11+. The highest BCUT2D eigenvalue weighted by Gasteiger charge is 2.15. The maximum Gasteiger partial charge on any atom is 0.277 e. The third-order valence-corrected chi connectivity index (χ3v) is 2.26. The summed E-state index contributed by atoms with van der Waals surface area (Å²) in [6.45, 7) is 0. The Morgan fingerprint density at radius 2 is 1.84 bits per heavy atom. The number of carbonyl (C=O) groups is 1. The first-order valence-corrected chi connectivity index (χ1v) is 5.22. The number of nitrogens with one attached hydrogen (secondary N) is 1. The summed E-state index contributed by atoms with van der Waals surface area (Å²) < 4.78 is 0. The smallest absolute Gasteiger partial charge is 0.277 e. The summed E-state index contributed by atoms with van der Waals surface area (Å²) in [5, 5.41) is 17.9. The van der Waals surface area contributed by atoms with Crippen LogP contribution in [-0.2, 0) is 4.79 Å². The summed E-state index contributed by atoms with van der Waals surface area (Å²) in [6.07, 6.45) is 1.48. The number of amides is 1. The fourth-order valence-corrected chi connectivity index (χ4v) is 1.33. The summed E-state index contributed by atoms with van der Waals surface area (Å²) in [7, 11) is 0. The minimum absolute atomic E-state index is 0.0198. The molecule has 0 saturated carbocycles. The molecule has 0 unspecified atom stereocenters. The Morgan fingerprint density at radius 1 is 1.21 bits per heavy atom. The van der Waals surface area contributed by atoms with Gasteiger partial charge in [0.15, 0.2) is 0 Å². The average Bonchev–Trinajstić information content (AvgIpc) is 2.46. The molecule has 6 heteroatoms. The van der Waals surface area contributed by atoms with Crippen LogP contribution in [0.25, 0.3) is 6.08 Å². The number of carbonyl (C=O) groups excluding carboxylic acids is 1. The molecule has 1 aromatic carbocycles. The lowest BCUT2D eigenvalue weighted by atomic mass is 10.1. The number of nitrogens with two attached hydrogens (primary N) is 2. The van der Waals surface area contributed by atoms with Crippen LogP contribution in [0.2, 0.25) is 0 Å². The Morgan fingerprint density at radius 3 is 2.32 bits per heavy atom.